The van der Waals surface area contributed by atoms with Crippen LogP contribution in [0.3, 0.4) is 0 Å². The third-order valence-corrected chi connectivity index (χ3v) is 4.83. The van der Waals surface area contributed by atoms with Crippen molar-refractivity contribution in [1.29, 1.82) is 0 Å². The number of carbonyl (C=O) groups excluding carboxylic acids is 2. The maximum atomic E-state index is 12.6. The van der Waals surface area contributed by atoms with Gasteiger partial charge < -0.3 is 19.7 Å². The van der Waals surface area contributed by atoms with E-state index in [9.17, 15) is 19.7 Å². The summed E-state index contributed by atoms with van der Waals surface area (Å²) in [5.41, 5.74) is 1.08. The number of anilines is 2. The highest BCUT2D eigenvalue weighted by Crippen LogP contribution is 2.28. The summed E-state index contributed by atoms with van der Waals surface area (Å²) >= 11 is 5.79. The van der Waals surface area contributed by atoms with Crippen molar-refractivity contribution in [2.75, 3.05) is 43.1 Å². The standard InChI is InChI=1S/C20H20ClN3O6/c1-2-30-20(26)15-12-14(4-6-17(15)23-7-9-29-10-8-23)22-19(25)13-3-5-16(21)18(11-13)24(27)28/h3-6,11-12H,2,7-10H2,1H3,(H,22,25). The number of ether oxygens (including phenoxy) is 2. The van der Waals surface area contributed by atoms with Crippen LogP contribution in [0.5, 0.6) is 0 Å². The second-order valence-electron chi connectivity index (χ2n) is 6.43. The molecule has 2 aromatic carbocycles. The minimum atomic E-state index is -0.658. The molecule has 1 aliphatic rings. The van der Waals surface area contributed by atoms with Gasteiger partial charge in [-0.25, -0.2) is 4.79 Å². The molecule has 1 saturated heterocycles. The zero-order valence-electron chi connectivity index (χ0n) is 16.2. The van der Waals surface area contributed by atoms with E-state index in [1.165, 1.54) is 18.2 Å². The van der Waals surface area contributed by atoms with E-state index in [-0.39, 0.29) is 22.9 Å². The number of esters is 1. The number of halogens is 1. The molecule has 0 bridgehead atoms. The molecule has 1 amide bonds. The van der Waals surface area contributed by atoms with Crippen molar-refractivity contribution in [3.63, 3.8) is 0 Å². The molecule has 1 N–H and O–H groups in total. The third-order valence-electron chi connectivity index (χ3n) is 4.51. The minimum absolute atomic E-state index is 0.0592. The Kier molecular flexibility index (Phi) is 6.86. The normalized spacial score (nSPS) is 13.6. The van der Waals surface area contributed by atoms with Crippen LogP contribution in [0.2, 0.25) is 5.02 Å². The van der Waals surface area contributed by atoms with Crippen LogP contribution in [0.25, 0.3) is 0 Å². The molecule has 2 aromatic rings. The molecule has 1 heterocycles. The number of amides is 1. The smallest absolute Gasteiger partial charge is 0.340 e. The van der Waals surface area contributed by atoms with Crippen LogP contribution in [0, 0.1) is 10.1 Å². The van der Waals surface area contributed by atoms with E-state index in [1.807, 2.05) is 4.90 Å². The van der Waals surface area contributed by atoms with E-state index < -0.39 is 16.8 Å². The van der Waals surface area contributed by atoms with Gasteiger partial charge in [0, 0.05) is 30.4 Å². The van der Waals surface area contributed by atoms with Crippen molar-refractivity contribution in [1.82, 2.24) is 0 Å². The molecule has 30 heavy (non-hydrogen) atoms. The first-order chi connectivity index (χ1) is 14.4. The molecule has 10 heteroatoms. The van der Waals surface area contributed by atoms with Crippen molar-refractivity contribution in [3.05, 3.63) is 62.7 Å². The minimum Gasteiger partial charge on any atom is -0.462 e. The van der Waals surface area contributed by atoms with E-state index in [1.54, 1.807) is 19.1 Å². The number of morpholine rings is 1. The molecule has 0 spiro atoms. The highest BCUT2D eigenvalue weighted by Gasteiger charge is 2.21. The quantitative estimate of drug-likeness (QED) is 0.421. The van der Waals surface area contributed by atoms with Gasteiger partial charge >= 0.3 is 5.97 Å². The molecule has 0 saturated carbocycles. The fourth-order valence-electron chi connectivity index (χ4n) is 3.06. The average molecular weight is 434 g/mol. The maximum absolute atomic E-state index is 12.6. The van der Waals surface area contributed by atoms with Gasteiger partial charge in [-0.15, -0.1) is 0 Å². The van der Waals surface area contributed by atoms with E-state index in [2.05, 4.69) is 5.32 Å². The number of hydrogen-bond acceptors (Lipinski definition) is 7. The van der Waals surface area contributed by atoms with E-state index in [0.29, 0.717) is 43.2 Å². The predicted molar refractivity (Wildman–Crippen MR) is 111 cm³/mol. The van der Waals surface area contributed by atoms with E-state index in [0.717, 1.165) is 6.07 Å². The Bertz CT molecular complexity index is 975. The van der Waals surface area contributed by atoms with Crippen LogP contribution in [-0.4, -0.2) is 49.7 Å². The molecule has 0 unspecified atom stereocenters. The highest BCUT2D eigenvalue weighted by molar-refractivity contribution is 6.32. The average Bonchev–Trinajstić information content (AvgIpc) is 2.74. The molecule has 9 nitrogen and oxygen atoms in total. The summed E-state index contributed by atoms with van der Waals surface area (Å²) in [5.74, 6) is -1.07. The first-order valence-electron chi connectivity index (χ1n) is 9.30. The lowest BCUT2D eigenvalue weighted by molar-refractivity contribution is -0.384. The van der Waals surface area contributed by atoms with Crippen LogP contribution in [0.4, 0.5) is 17.1 Å². The highest BCUT2D eigenvalue weighted by atomic mass is 35.5. The topological polar surface area (TPSA) is 111 Å². The Hall–Kier alpha value is -3.17. The summed E-state index contributed by atoms with van der Waals surface area (Å²) < 4.78 is 10.5. The first-order valence-corrected chi connectivity index (χ1v) is 9.67. The van der Waals surface area contributed by atoms with Gasteiger partial charge in [-0.1, -0.05) is 11.6 Å². The Morgan fingerprint density at radius 3 is 2.63 bits per heavy atom. The number of nitrogens with zero attached hydrogens (tertiary/aromatic N) is 2. The summed E-state index contributed by atoms with van der Waals surface area (Å²) in [7, 11) is 0. The number of nitro benzene ring substituents is 1. The van der Waals surface area contributed by atoms with Gasteiger partial charge in [0.05, 0.1) is 36.0 Å². The third kappa shape index (κ3) is 4.87. The van der Waals surface area contributed by atoms with Gasteiger partial charge in [0.1, 0.15) is 5.02 Å². The zero-order valence-corrected chi connectivity index (χ0v) is 17.0. The van der Waals surface area contributed by atoms with Gasteiger partial charge in [0.2, 0.25) is 0 Å². The van der Waals surface area contributed by atoms with Gasteiger partial charge in [-0.3, -0.25) is 14.9 Å². The van der Waals surface area contributed by atoms with E-state index in [4.69, 9.17) is 21.1 Å². The van der Waals surface area contributed by atoms with Crippen molar-refractivity contribution >= 4 is 40.5 Å². The Balaban J connectivity index is 1.88. The van der Waals surface area contributed by atoms with Crippen LogP contribution in [-0.2, 0) is 9.47 Å². The molecule has 0 aliphatic carbocycles. The van der Waals surface area contributed by atoms with Crippen molar-refractivity contribution in [2.45, 2.75) is 6.92 Å². The fourth-order valence-corrected chi connectivity index (χ4v) is 3.25. The van der Waals surface area contributed by atoms with Gasteiger partial charge in [0.25, 0.3) is 11.6 Å². The molecule has 1 fully saturated rings. The molecule has 158 valence electrons. The monoisotopic (exact) mass is 433 g/mol. The molecular weight excluding hydrogens is 414 g/mol. The number of nitrogens with one attached hydrogen (secondary N) is 1. The lowest BCUT2D eigenvalue weighted by atomic mass is 10.1. The summed E-state index contributed by atoms with van der Waals surface area (Å²) in [6.07, 6.45) is 0. The van der Waals surface area contributed by atoms with Crippen LogP contribution >= 0.6 is 11.6 Å². The lowest BCUT2D eigenvalue weighted by Crippen LogP contribution is -2.37. The molecule has 1 aliphatic heterocycles. The van der Waals surface area contributed by atoms with Crippen molar-refractivity contribution < 1.29 is 24.0 Å². The number of benzene rings is 2. The summed E-state index contributed by atoms with van der Waals surface area (Å²) in [5, 5.41) is 13.6. The second kappa shape index (κ2) is 9.55. The second-order valence-corrected chi connectivity index (χ2v) is 6.84. The largest absolute Gasteiger partial charge is 0.462 e. The van der Waals surface area contributed by atoms with Crippen LogP contribution in [0.1, 0.15) is 27.6 Å². The van der Waals surface area contributed by atoms with Crippen LogP contribution < -0.4 is 10.2 Å². The Morgan fingerprint density at radius 1 is 1.23 bits per heavy atom. The predicted octanol–water partition coefficient (Wildman–Crippen LogP) is 3.51. The zero-order chi connectivity index (χ0) is 21.7. The lowest BCUT2D eigenvalue weighted by Gasteiger charge is -2.30. The molecule has 3 rings (SSSR count). The number of nitro groups is 1. The number of hydrogen-bond donors (Lipinski definition) is 1. The molecule has 0 radical (unpaired) electrons. The van der Waals surface area contributed by atoms with Gasteiger partial charge in [-0.2, -0.15) is 0 Å². The Morgan fingerprint density at radius 2 is 1.97 bits per heavy atom. The van der Waals surface area contributed by atoms with E-state index >= 15 is 0 Å². The SMILES string of the molecule is CCOC(=O)c1cc(NC(=O)c2ccc(Cl)c([N+](=O)[O-])c2)ccc1N1CCOCC1. The number of carbonyl (C=O) groups is 2. The fraction of sp³-hybridized carbons (Fsp3) is 0.300. The summed E-state index contributed by atoms with van der Waals surface area (Å²) in [6.45, 7) is 4.29. The summed E-state index contributed by atoms with van der Waals surface area (Å²) in [4.78, 5) is 37.5. The molecular formula is C20H20ClN3O6. The number of rotatable bonds is 6. The summed E-state index contributed by atoms with van der Waals surface area (Å²) in [6, 6.07) is 8.71. The maximum Gasteiger partial charge on any atom is 0.340 e. The van der Waals surface area contributed by atoms with Gasteiger partial charge in [0.15, 0.2) is 0 Å². The van der Waals surface area contributed by atoms with Gasteiger partial charge in [-0.05, 0) is 37.3 Å². The first kappa shape index (κ1) is 21.5. The van der Waals surface area contributed by atoms with Crippen LogP contribution in [0.15, 0.2) is 36.4 Å². The van der Waals surface area contributed by atoms with Crippen molar-refractivity contribution in [3.8, 4) is 0 Å². The Labute approximate surface area is 177 Å². The molecule has 0 aromatic heterocycles. The molecule has 0 atom stereocenters. The van der Waals surface area contributed by atoms with Crippen molar-refractivity contribution in [2.24, 2.45) is 0 Å².